The number of aliphatic hydroxyl groups excluding tert-OH is 1. The predicted molar refractivity (Wildman–Crippen MR) is 68.0 cm³/mol. The molecule has 0 saturated heterocycles. The minimum absolute atomic E-state index is 0.116. The van der Waals surface area contributed by atoms with Crippen molar-refractivity contribution >= 4 is 27.3 Å². The lowest BCUT2D eigenvalue weighted by Gasteiger charge is -2.28. The minimum Gasteiger partial charge on any atom is -0.394 e. The Bertz CT molecular complexity index is 421. The molecule has 1 unspecified atom stereocenters. The van der Waals surface area contributed by atoms with Crippen LogP contribution in [0.15, 0.2) is 16.9 Å². The van der Waals surface area contributed by atoms with Gasteiger partial charge in [-0.25, -0.2) is 0 Å². The lowest BCUT2D eigenvalue weighted by Crippen LogP contribution is -2.38. The molecule has 1 heterocycles. The van der Waals surface area contributed by atoms with Gasteiger partial charge in [0, 0.05) is 6.20 Å². The van der Waals surface area contributed by atoms with Gasteiger partial charge in [-0.3, -0.25) is 15.1 Å². The van der Waals surface area contributed by atoms with Gasteiger partial charge in [0.2, 0.25) is 0 Å². The second-order valence-electron chi connectivity index (χ2n) is 3.97. The number of pyridine rings is 1. The van der Waals surface area contributed by atoms with Gasteiger partial charge in [0.25, 0.3) is 0 Å². The van der Waals surface area contributed by atoms with E-state index in [0.29, 0.717) is 16.6 Å². The van der Waals surface area contributed by atoms with Gasteiger partial charge in [-0.15, -0.1) is 0 Å². The van der Waals surface area contributed by atoms with Crippen molar-refractivity contribution in [3.05, 3.63) is 27.0 Å². The molecule has 0 aromatic carbocycles. The molecule has 0 amide bonds. The SMILES string of the molecule is CCC(C)(CO)Nc1c(Br)cncc1[N+](=O)[O-]. The highest BCUT2D eigenvalue weighted by Gasteiger charge is 2.26. The summed E-state index contributed by atoms with van der Waals surface area (Å²) in [6, 6.07) is 0. The van der Waals surface area contributed by atoms with Gasteiger partial charge < -0.3 is 10.4 Å². The fraction of sp³-hybridized carbons (Fsp3) is 0.500. The molecule has 0 radical (unpaired) electrons. The first kappa shape index (κ1) is 13.9. The largest absolute Gasteiger partial charge is 0.394 e. The van der Waals surface area contributed by atoms with Crippen LogP contribution in [0.4, 0.5) is 11.4 Å². The van der Waals surface area contributed by atoms with Gasteiger partial charge in [0.15, 0.2) is 0 Å². The van der Waals surface area contributed by atoms with E-state index in [2.05, 4.69) is 26.2 Å². The van der Waals surface area contributed by atoms with E-state index in [0.717, 1.165) is 0 Å². The summed E-state index contributed by atoms with van der Waals surface area (Å²) in [5.41, 5.74) is -0.384. The third kappa shape index (κ3) is 3.13. The molecule has 0 fully saturated rings. The van der Waals surface area contributed by atoms with Crippen LogP contribution in [0.1, 0.15) is 20.3 Å². The molecular formula is C10H14BrN3O3. The molecule has 2 N–H and O–H groups in total. The topological polar surface area (TPSA) is 88.3 Å². The number of hydrogen-bond acceptors (Lipinski definition) is 5. The molecule has 1 atom stereocenters. The lowest BCUT2D eigenvalue weighted by molar-refractivity contribution is -0.384. The normalized spacial score (nSPS) is 14.1. The molecule has 17 heavy (non-hydrogen) atoms. The summed E-state index contributed by atoms with van der Waals surface area (Å²) >= 11 is 3.22. The van der Waals surface area contributed by atoms with Crippen molar-refractivity contribution in [2.45, 2.75) is 25.8 Å². The van der Waals surface area contributed by atoms with Gasteiger partial charge in [-0.05, 0) is 29.3 Å². The maximum atomic E-state index is 10.9. The Kier molecular flexibility index (Phi) is 4.41. The molecule has 0 saturated carbocycles. The minimum atomic E-state index is -0.603. The van der Waals surface area contributed by atoms with Crippen LogP contribution in [0.5, 0.6) is 0 Å². The standard InChI is InChI=1S/C10H14BrN3O3/c1-3-10(2,6-15)13-9-7(11)4-12-5-8(9)14(16)17/h4-5,15H,3,6H2,1-2H3,(H,12,13). The molecule has 0 bridgehead atoms. The van der Waals surface area contributed by atoms with E-state index in [1.165, 1.54) is 12.4 Å². The van der Waals surface area contributed by atoms with Gasteiger partial charge >= 0.3 is 5.69 Å². The van der Waals surface area contributed by atoms with Crippen LogP contribution in [0.3, 0.4) is 0 Å². The Morgan fingerprint density at radius 1 is 1.65 bits per heavy atom. The zero-order chi connectivity index (χ0) is 13.1. The fourth-order valence-electron chi connectivity index (χ4n) is 1.23. The Hall–Kier alpha value is -1.21. The van der Waals surface area contributed by atoms with E-state index in [1.807, 2.05) is 6.92 Å². The van der Waals surface area contributed by atoms with Crippen LogP contribution in [-0.4, -0.2) is 27.2 Å². The van der Waals surface area contributed by atoms with E-state index in [4.69, 9.17) is 0 Å². The third-order valence-corrected chi connectivity index (χ3v) is 3.23. The number of nitro groups is 1. The van der Waals surface area contributed by atoms with E-state index < -0.39 is 10.5 Å². The van der Waals surface area contributed by atoms with Crippen molar-refractivity contribution in [1.82, 2.24) is 4.98 Å². The summed E-state index contributed by atoms with van der Waals surface area (Å²) in [7, 11) is 0. The van der Waals surface area contributed by atoms with Gasteiger partial charge in [-0.2, -0.15) is 0 Å². The molecule has 1 aromatic heterocycles. The Morgan fingerprint density at radius 2 is 2.29 bits per heavy atom. The second kappa shape index (κ2) is 5.42. The van der Waals surface area contributed by atoms with Crippen molar-refractivity contribution in [2.24, 2.45) is 0 Å². The zero-order valence-corrected chi connectivity index (χ0v) is 11.2. The van der Waals surface area contributed by atoms with E-state index in [9.17, 15) is 15.2 Å². The van der Waals surface area contributed by atoms with Crippen LogP contribution in [0.2, 0.25) is 0 Å². The number of anilines is 1. The average molecular weight is 304 g/mol. The molecule has 6 nitrogen and oxygen atoms in total. The highest BCUT2D eigenvalue weighted by molar-refractivity contribution is 9.10. The summed E-state index contributed by atoms with van der Waals surface area (Å²) < 4.78 is 0.500. The Morgan fingerprint density at radius 3 is 2.76 bits per heavy atom. The first-order valence-corrected chi connectivity index (χ1v) is 5.89. The van der Waals surface area contributed by atoms with Crippen LogP contribution in [-0.2, 0) is 0 Å². The van der Waals surface area contributed by atoms with Crippen molar-refractivity contribution in [3.63, 3.8) is 0 Å². The van der Waals surface area contributed by atoms with E-state index in [1.54, 1.807) is 6.92 Å². The van der Waals surface area contributed by atoms with Gasteiger partial charge in [0.05, 0.1) is 21.5 Å². The summed E-state index contributed by atoms with van der Waals surface area (Å²) in [5, 5.41) is 23.2. The molecule has 1 rings (SSSR count). The molecule has 0 spiro atoms. The summed E-state index contributed by atoms with van der Waals surface area (Å²) in [4.78, 5) is 14.1. The number of hydrogen-bond donors (Lipinski definition) is 2. The third-order valence-electron chi connectivity index (χ3n) is 2.63. The Balaban J connectivity index is 3.17. The molecule has 94 valence electrons. The van der Waals surface area contributed by atoms with Crippen molar-refractivity contribution in [1.29, 1.82) is 0 Å². The molecule has 0 aliphatic rings. The lowest BCUT2D eigenvalue weighted by atomic mass is 10.00. The van der Waals surface area contributed by atoms with Crippen molar-refractivity contribution in [2.75, 3.05) is 11.9 Å². The van der Waals surface area contributed by atoms with Gasteiger partial charge in [0.1, 0.15) is 11.9 Å². The number of nitrogens with zero attached hydrogens (tertiary/aromatic N) is 2. The van der Waals surface area contributed by atoms with Crippen LogP contribution < -0.4 is 5.32 Å². The number of aliphatic hydroxyl groups is 1. The molecule has 7 heteroatoms. The second-order valence-corrected chi connectivity index (χ2v) is 4.82. The Labute approximate surface area is 107 Å². The highest BCUT2D eigenvalue weighted by atomic mass is 79.9. The first-order chi connectivity index (χ1) is 7.93. The van der Waals surface area contributed by atoms with E-state index >= 15 is 0 Å². The van der Waals surface area contributed by atoms with Gasteiger partial charge in [-0.1, -0.05) is 6.92 Å². The van der Waals surface area contributed by atoms with E-state index in [-0.39, 0.29) is 12.3 Å². The van der Waals surface area contributed by atoms with Crippen molar-refractivity contribution in [3.8, 4) is 0 Å². The summed E-state index contributed by atoms with van der Waals surface area (Å²) in [6.45, 7) is 3.57. The summed E-state index contributed by atoms with van der Waals surface area (Å²) in [5.74, 6) is 0. The average Bonchev–Trinajstić information content (AvgIpc) is 2.31. The fourth-order valence-corrected chi connectivity index (χ4v) is 1.65. The highest BCUT2D eigenvalue weighted by Crippen LogP contribution is 2.33. The van der Waals surface area contributed by atoms with Crippen LogP contribution in [0.25, 0.3) is 0 Å². The smallest absolute Gasteiger partial charge is 0.311 e. The summed E-state index contributed by atoms with van der Waals surface area (Å²) in [6.07, 6.45) is 3.29. The predicted octanol–water partition coefficient (Wildman–Crippen LogP) is 2.33. The maximum Gasteiger partial charge on any atom is 0.311 e. The number of rotatable bonds is 5. The molecular weight excluding hydrogens is 290 g/mol. The van der Waals surface area contributed by atoms with Crippen molar-refractivity contribution < 1.29 is 10.0 Å². The monoisotopic (exact) mass is 303 g/mol. The molecule has 1 aromatic rings. The first-order valence-electron chi connectivity index (χ1n) is 5.10. The van der Waals surface area contributed by atoms with Crippen LogP contribution >= 0.6 is 15.9 Å². The molecule has 0 aliphatic heterocycles. The number of halogens is 1. The number of nitrogens with one attached hydrogen (secondary N) is 1. The number of aromatic nitrogens is 1. The zero-order valence-electron chi connectivity index (χ0n) is 9.61. The molecule has 0 aliphatic carbocycles. The maximum absolute atomic E-state index is 10.9. The quantitative estimate of drug-likeness (QED) is 0.644. The van der Waals surface area contributed by atoms with Crippen LogP contribution in [0, 0.1) is 10.1 Å².